The minimum absolute atomic E-state index is 0.0104. The van der Waals surface area contributed by atoms with E-state index in [1.54, 1.807) is 10.6 Å². The Morgan fingerprint density at radius 1 is 1.21 bits per heavy atom. The molecule has 10 heteroatoms. The van der Waals surface area contributed by atoms with E-state index in [2.05, 4.69) is 15.3 Å². The zero-order valence-corrected chi connectivity index (χ0v) is 20.8. The van der Waals surface area contributed by atoms with E-state index >= 15 is 0 Å². The molecule has 2 amide bonds. The molecule has 0 atom stereocenters. The Balaban J connectivity index is 1.18. The van der Waals surface area contributed by atoms with Crippen molar-refractivity contribution in [2.75, 3.05) is 18.4 Å². The van der Waals surface area contributed by atoms with Crippen LogP contribution in [0.3, 0.4) is 0 Å². The highest BCUT2D eigenvalue weighted by molar-refractivity contribution is 7.71. The number of carbonyl (C=O) groups is 2. The van der Waals surface area contributed by atoms with Crippen molar-refractivity contribution in [2.45, 2.75) is 52.0 Å². The summed E-state index contributed by atoms with van der Waals surface area (Å²) >= 11 is 6.78. The molecule has 2 N–H and O–H groups in total. The quantitative estimate of drug-likeness (QED) is 0.356. The molecule has 3 heterocycles. The van der Waals surface area contributed by atoms with E-state index in [4.69, 9.17) is 12.2 Å². The molecule has 0 unspecified atom stereocenters. The fourth-order valence-corrected chi connectivity index (χ4v) is 5.27. The van der Waals surface area contributed by atoms with Gasteiger partial charge in [0.1, 0.15) is 0 Å². The van der Waals surface area contributed by atoms with E-state index in [0.29, 0.717) is 54.2 Å². The Hall–Kier alpha value is -2.85. The number of likely N-dealkylation sites (tertiary alicyclic amines) is 1. The summed E-state index contributed by atoms with van der Waals surface area (Å²) in [4.78, 5) is 47.0. The standard InChI is InChI=1S/C24H29N5O3S2/c1-16-15-34-23(25-16)27-21(31)17-10-13-28(14-11-17)20(30)9-3-2-6-12-29-22(32)18-7-4-5-8-19(18)26-24(29)33/h4-5,7-8,15,17H,2-3,6,9-14H2,1H3,(H,26,33)(H,25,27,31). The first kappa shape index (κ1) is 24.3. The van der Waals surface area contributed by atoms with Gasteiger partial charge < -0.3 is 15.2 Å². The van der Waals surface area contributed by atoms with Crippen LogP contribution >= 0.6 is 23.6 Å². The number of carbonyl (C=O) groups excluding carboxylic acids is 2. The molecular weight excluding hydrogens is 470 g/mol. The minimum Gasteiger partial charge on any atom is -0.343 e. The second-order valence-electron chi connectivity index (χ2n) is 8.68. The number of fused-ring (bicyclic) bond motifs is 1. The number of unbranched alkanes of at least 4 members (excludes halogenated alkanes) is 2. The maximum absolute atomic E-state index is 12.7. The Bertz CT molecular complexity index is 1290. The Morgan fingerprint density at radius 3 is 2.71 bits per heavy atom. The average molecular weight is 500 g/mol. The third kappa shape index (κ3) is 5.79. The van der Waals surface area contributed by atoms with E-state index in [0.717, 1.165) is 30.5 Å². The number of H-pyrrole nitrogens is 1. The molecule has 0 aliphatic carbocycles. The number of hydrogen-bond acceptors (Lipinski definition) is 6. The molecule has 1 fully saturated rings. The monoisotopic (exact) mass is 499 g/mol. The van der Waals surface area contributed by atoms with Crippen LogP contribution in [0.1, 0.15) is 44.2 Å². The van der Waals surface area contributed by atoms with Gasteiger partial charge in [0.15, 0.2) is 9.90 Å². The molecule has 34 heavy (non-hydrogen) atoms. The van der Waals surface area contributed by atoms with Crippen LogP contribution in [0.2, 0.25) is 0 Å². The van der Waals surface area contributed by atoms with Crippen LogP contribution in [0.15, 0.2) is 34.4 Å². The molecule has 4 rings (SSSR count). The normalized spacial score (nSPS) is 14.4. The SMILES string of the molecule is Cc1csc(NC(=O)C2CCN(C(=O)CCCCCn3c(=S)[nH]c4ccccc4c3=O)CC2)n1. The van der Waals surface area contributed by atoms with Gasteiger partial charge in [-0.1, -0.05) is 18.6 Å². The highest BCUT2D eigenvalue weighted by Crippen LogP contribution is 2.22. The van der Waals surface area contributed by atoms with Crippen molar-refractivity contribution in [3.8, 4) is 0 Å². The first-order chi connectivity index (χ1) is 16.4. The summed E-state index contributed by atoms with van der Waals surface area (Å²) in [5.74, 6) is 0.0382. The van der Waals surface area contributed by atoms with Crippen molar-refractivity contribution in [3.05, 3.63) is 50.5 Å². The number of benzene rings is 1. The van der Waals surface area contributed by atoms with Crippen molar-refractivity contribution in [2.24, 2.45) is 5.92 Å². The number of piperidine rings is 1. The van der Waals surface area contributed by atoms with E-state index in [-0.39, 0.29) is 23.3 Å². The van der Waals surface area contributed by atoms with Crippen LogP contribution in [0.4, 0.5) is 5.13 Å². The van der Waals surface area contributed by atoms with Crippen LogP contribution in [0.5, 0.6) is 0 Å². The Kier molecular flexibility index (Phi) is 7.89. The lowest BCUT2D eigenvalue weighted by Gasteiger charge is -2.31. The fourth-order valence-electron chi connectivity index (χ4n) is 4.29. The second kappa shape index (κ2) is 11.1. The third-order valence-electron chi connectivity index (χ3n) is 6.23. The van der Waals surface area contributed by atoms with Crippen LogP contribution < -0.4 is 10.9 Å². The van der Waals surface area contributed by atoms with E-state index < -0.39 is 0 Å². The highest BCUT2D eigenvalue weighted by atomic mass is 32.1. The van der Waals surface area contributed by atoms with E-state index in [9.17, 15) is 14.4 Å². The van der Waals surface area contributed by atoms with Crippen molar-refractivity contribution >= 4 is 51.4 Å². The largest absolute Gasteiger partial charge is 0.343 e. The number of aromatic amines is 1. The van der Waals surface area contributed by atoms with Crippen LogP contribution in [0, 0.1) is 17.6 Å². The summed E-state index contributed by atoms with van der Waals surface area (Å²) in [6, 6.07) is 7.35. The number of nitrogens with zero attached hydrogens (tertiary/aromatic N) is 3. The molecule has 3 aromatic rings. The molecule has 0 spiro atoms. The number of amides is 2. The molecule has 0 saturated carbocycles. The fraction of sp³-hybridized carbons (Fsp3) is 0.458. The zero-order valence-electron chi connectivity index (χ0n) is 19.2. The first-order valence-electron chi connectivity index (χ1n) is 11.6. The number of aromatic nitrogens is 3. The van der Waals surface area contributed by atoms with Crippen molar-refractivity contribution < 1.29 is 9.59 Å². The van der Waals surface area contributed by atoms with Gasteiger partial charge in [-0.05, 0) is 57.0 Å². The third-order valence-corrected chi connectivity index (χ3v) is 7.43. The number of nitrogens with one attached hydrogen (secondary N) is 2. The van der Waals surface area contributed by atoms with Gasteiger partial charge in [0.2, 0.25) is 11.8 Å². The molecule has 0 radical (unpaired) electrons. The van der Waals surface area contributed by atoms with E-state index in [1.807, 2.05) is 35.4 Å². The molecule has 0 bridgehead atoms. The molecular formula is C24H29N5O3S2. The van der Waals surface area contributed by atoms with Crippen LogP contribution in [0.25, 0.3) is 10.9 Å². The van der Waals surface area contributed by atoms with Crippen LogP contribution in [-0.4, -0.2) is 44.3 Å². The number of hydrogen-bond donors (Lipinski definition) is 2. The molecule has 8 nitrogen and oxygen atoms in total. The van der Waals surface area contributed by atoms with E-state index in [1.165, 1.54) is 11.3 Å². The van der Waals surface area contributed by atoms with Crippen molar-refractivity contribution in [1.82, 2.24) is 19.4 Å². The predicted molar refractivity (Wildman–Crippen MR) is 137 cm³/mol. The molecule has 1 saturated heterocycles. The number of para-hydroxylation sites is 1. The maximum Gasteiger partial charge on any atom is 0.262 e. The summed E-state index contributed by atoms with van der Waals surface area (Å²) in [5.41, 5.74) is 1.57. The van der Waals surface area contributed by atoms with Gasteiger partial charge in [0, 0.05) is 37.4 Å². The molecule has 1 aliphatic heterocycles. The number of thiazole rings is 1. The summed E-state index contributed by atoms with van der Waals surface area (Å²) in [6.07, 6.45) is 4.21. The van der Waals surface area contributed by atoms with Gasteiger partial charge in [0.25, 0.3) is 5.56 Å². The number of rotatable bonds is 8. The predicted octanol–water partition coefficient (Wildman–Crippen LogP) is 4.26. The summed E-state index contributed by atoms with van der Waals surface area (Å²) < 4.78 is 2.03. The van der Waals surface area contributed by atoms with Gasteiger partial charge in [0.05, 0.1) is 16.6 Å². The van der Waals surface area contributed by atoms with Crippen LogP contribution in [-0.2, 0) is 16.1 Å². The van der Waals surface area contributed by atoms with Crippen molar-refractivity contribution in [1.29, 1.82) is 0 Å². The lowest BCUT2D eigenvalue weighted by Crippen LogP contribution is -2.41. The van der Waals surface area contributed by atoms with Gasteiger partial charge in [-0.2, -0.15) is 0 Å². The van der Waals surface area contributed by atoms with Gasteiger partial charge in [-0.3, -0.25) is 19.0 Å². The van der Waals surface area contributed by atoms with Gasteiger partial charge in [-0.25, -0.2) is 4.98 Å². The molecule has 180 valence electrons. The second-order valence-corrected chi connectivity index (χ2v) is 9.93. The zero-order chi connectivity index (χ0) is 24.1. The lowest BCUT2D eigenvalue weighted by atomic mass is 9.95. The smallest absolute Gasteiger partial charge is 0.262 e. The summed E-state index contributed by atoms with van der Waals surface area (Å²) in [6.45, 7) is 3.64. The Morgan fingerprint density at radius 2 is 1.97 bits per heavy atom. The average Bonchev–Trinajstić information content (AvgIpc) is 3.25. The number of anilines is 1. The molecule has 2 aromatic heterocycles. The topological polar surface area (TPSA) is 100 Å². The lowest BCUT2D eigenvalue weighted by molar-refractivity contribution is -0.134. The first-order valence-corrected chi connectivity index (χ1v) is 12.9. The maximum atomic E-state index is 12.7. The van der Waals surface area contributed by atoms with Crippen molar-refractivity contribution in [3.63, 3.8) is 0 Å². The molecule has 1 aromatic carbocycles. The summed E-state index contributed by atoms with van der Waals surface area (Å²) in [7, 11) is 0. The number of aryl methyl sites for hydroxylation is 1. The highest BCUT2D eigenvalue weighted by Gasteiger charge is 2.27. The minimum atomic E-state index is -0.0853. The summed E-state index contributed by atoms with van der Waals surface area (Å²) in [5, 5.41) is 6.06. The van der Waals surface area contributed by atoms with Gasteiger partial charge in [-0.15, -0.1) is 11.3 Å². The van der Waals surface area contributed by atoms with Gasteiger partial charge >= 0.3 is 0 Å². The Labute approximate surface area is 207 Å². The molecule has 1 aliphatic rings.